The van der Waals surface area contributed by atoms with Crippen LogP contribution in [-0.2, 0) is 16.1 Å². The van der Waals surface area contributed by atoms with Crippen LogP contribution in [0.25, 0.3) is 0 Å². The zero-order valence-corrected chi connectivity index (χ0v) is 19.8. The Morgan fingerprint density at radius 3 is 2.53 bits per heavy atom. The lowest BCUT2D eigenvalue weighted by molar-refractivity contribution is -0.142. The largest absolute Gasteiger partial charge is 0.497 e. The van der Waals surface area contributed by atoms with Gasteiger partial charge < -0.3 is 19.7 Å². The Balaban J connectivity index is 2.12. The van der Waals surface area contributed by atoms with Gasteiger partial charge in [0.25, 0.3) is 5.91 Å². The van der Waals surface area contributed by atoms with Crippen LogP contribution in [0.1, 0.15) is 32.3 Å². The number of carbonyl (C=O) groups excluding carboxylic acids is 2. The first-order chi connectivity index (χ1) is 14.4. The maximum atomic E-state index is 13.0. The second kappa shape index (κ2) is 12.4. The summed E-state index contributed by atoms with van der Waals surface area (Å²) in [4.78, 5) is 27.2. The van der Waals surface area contributed by atoms with Gasteiger partial charge in [-0.25, -0.2) is 0 Å². The molecular formula is C23H29IN2O4. The van der Waals surface area contributed by atoms with Gasteiger partial charge in [-0.15, -0.1) is 0 Å². The molecule has 7 heteroatoms. The number of unbranched alkanes of at least 4 members (excludes halogenated alkanes) is 1. The molecule has 0 saturated heterocycles. The number of halogens is 1. The van der Waals surface area contributed by atoms with Gasteiger partial charge in [-0.05, 0) is 77.9 Å². The predicted octanol–water partition coefficient (Wildman–Crippen LogP) is 4.01. The number of rotatable bonds is 11. The quantitative estimate of drug-likeness (QED) is 0.357. The molecule has 0 heterocycles. The van der Waals surface area contributed by atoms with Crippen molar-refractivity contribution in [1.29, 1.82) is 0 Å². The fourth-order valence-corrected chi connectivity index (χ4v) is 3.20. The molecule has 2 aromatic carbocycles. The highest BCUT2D eigenvalue weighted by atomic mass is 127. The zero-order chi connectivity index (χ0) is 21.9. The molecule has 0 saturated carbocycles. The molecular weight excluding hydrogens is 495 g/mol. The van der Waals surface area contributed by atoms with Gasteiger partial charge >= 0.3 is 0 Å². The van der Waals surface area contributed by atoms with Crippen LogP contribution >= 0.6 is 22.6 Å². The van der Waals surface area contributed by atoms with Gasteiger partial charge in [0.05, 0.1) is 7.11 Å². The molecule has 0 aliphatic heterocycles. The summed E-state index contributed by atoms with van der Waals surface area (Å²) in [6, 6.07) is 14.3. The Labute approximate surface area is 192 Å². The number of hydrogen-bond acceptors (Lipinski definition) is 4. The summed E-state index contributed by atoms with van der Waals surface area (Å²) in [5.74, 6) is 0.892. The van der Waals surface area contributed by atoms with Crippen molar-refractivity contribution in [2.24, 2.45) is 0 Å². The number of methoxy groups -OCH3 is 1. The van der Waals surface area contributed by atoms with Crippen molar-refractivity contribution in [3.8, 4) is 11.5 Å². The number of carbonyl (C=O) groups is 2. The van der Waals surface area contributed by atoms with E-state index in [1.54, 1.807) is 18.9 Å². The lowest BCUT2D eigenvalue weighted by atomic mass is 10.1. The molecule has 0 aliphatic carbocycles. The van der Waals surface area contributed by atoms with Crippen molar-refractivity contribution in [1.82, 2.24) is 10.2 Å². The zero-order valence-electron chi connectivity index (χ0n) is 17.7. The molecule has 0 unspecified atom stereocenters. The summed E-state index contributed by atoms with van der Waals surface area (Å²) < 4.78 is 12.0. The molecule has 2 aromatic rings. The molecule has 30 heavy (non-hydrogen) atoms. The summed E-state index contributed by atoms with van der Waals surface area (Å²) in [7, 11) is 1.60. The third-order valence-corrected chi connectivity index (χ3v) is 5.38. The minimum atomic E-state index is -0.624. The maximum Gasteiger partial charge on any atom is 0.261 e. The molecule has 0 aliphatic rings. The van der Waals surface area contributed by atoms with Gasteiger partial charge in [0.2, 0.25) is 5.91 Å². The highest BCUT2D eigenvalue weighted by Gasteiger charge is 2.26. The van der Waals surface area contributed by atoms with Crippen LogP contribution in [0, 0.1) is 3.57 Å². The smallest absolute Gasteiger partial charge is 0.261 e. The number of amides is 2. The standard InChI is InChI=1S/C23H29IN2O4/c1-4-5-13-25-23(28)17(2)26(15-18-7-6-8-21(14-18)29-3)22(27)16-30-20-11-9-19(24)10-12-20/h6-12,14,17H,4-5,13,15-16H2,1-3H3,(H,25,28)/t17-/m0/s1. The normalized spacial score (nSPS) is 11.5. The minimum Gasteiger partial charge on any atom is -0.497 e. The summed E-state index contributed by atoms with van der Waals surface area (Å²) in [5.41, 5.74) is 0.880. The minimum absolute atomic E-state index is 0.142. The Kier molecular flexibility index (Phi) is 9.93. The van der Waals surface area contributed by atoms with Crippen LogP contribution in [0.15, 0.2) is 48.5 Å². The van der Waals surface area contributed by atoms with E-state index in [4.69, 9.17) is 9.47 Å². The number of nitrogens with one attached hydrogen (secondary N) is 1. The number of benzene rings is 2. The molecule has 0 aromatic heterocycles. The van der Waals surface area contributed by atoms with Crippen molar-refractivity contribution in [3.05, 3.63) is 57.7 Å². The van der Waals surface area contributed by atoms with Crippen LogP contribution < -0.4 is 14.8 Å². The maximum absolute atomic E-state index is 13.0. The second-order valence-corrected chi connectivity index (χ2v) is 8.18. The Morgan fingerprint density at radius 2 is 1.87 bits per heavy atom. The van der Waals surface area contributed by atoms with Crippen molar-refractivity contribution in [2.75, 3.05) is 20.3 Å². The van der Waals surface area contributed by atoms with Gasteiger partial charge in [-0.3, -0.25) is 9.59 Å². The molecule has 0 radical (unpaired) electrons. The third-order valence-electron chi connectivity index (χ3n) is 4.66. The lowest BCUT2D eigenvalue weighted by Crippen LogP contribution is -2.49. The van der Waals surface area contributed by atoms with E-state index in [0.717, 1.165) is 22.0 Å². The van der Waals surface area contributed by atoms with Crippen LogP contribution in [0.5, 0.6) is 11.5 Å². The number of nitrogens with zero attached hydrogens (tertiary/aromatic N) is 1. The van der Waals surface area contributed by atoms with E-state index in [9.17, 15) is 9.59 Å². The highest BCUT2D eigenvalue weighted by molar-refractivity contribution is 14.1. The van der Waals surface area contributed by atoms with Crippen LogP contribution in [0.2, 0.25) is 0 Å². The first-order valence-corrected chi connectivity index (χ1v) is 11.1. The average Bonchev–Trinajstić information content (AvgIpc) is 2.76. The van der Waals surface area contributed by atoms with E-state index in [-0.39, 0.29) is 25.0 Å². The third kappa shape index (κ3) is 7.51. The first kappa shape index (κ1) is 24.0. The predicted molar refractivity (Wildman–Crippen MR) is 126 cm³/mol. The van der Waals surface area contributed by atoms with Crippen molar-refractivity contribution in [2.45, 2.75) is 39.3 Å². The van der Waals surface area contributed by atoms with Crippen LogP contribution in [0.3, 0.4) is 0 Å². The highest BCUT2D eigenvalue weighted by Crippen LogP contribution is 2.17. The Morgan fingerprint density at radius 1 is 1.13 bits per heavy atom. The van der Waals surface area contributed by atoms with Crippen LogP contribution in [0.4, 0.5) is 0 Å². The summed E-state index contributed by atoms with van der Waals surface area (Å²) in [5, 5.41) is 2.91. The topological polar surface area (TPSA) is 67.9 Å². The van der Waals surface area contributed by atoms with E-state index in [2.05, 4.69) is 34.8 Å². The fraction of sp³-hybridized carbons (Fsp3) is 0.391. The molecule has 2 rings (SSSR count). The molecule has 1 N–H and O–H groups in total. The van der Waals surface area contributed by atoms with E-state index in [1.807, 2.05) is 48.5 Å². The van der Waals surface area contributed by atoms with Gasteiger partial charge in [0.1, 0.15) is 17.5 Å². The van der Waals surface area contributed by atoms with Crippen molar-refractivity contribution < 1.29 is 19.1 Å². The van der Waals surface area contributed by atoms with Gasteiger partial charge in [-0.1, -0.05) is 25.5 Å². The fourth-order valence-electron chi connectivity index (χ4n) is 2.85. The summed E-state index contributed by atoms with van der Waals surface area (Å²) in [6.07, 6.45) is 1.89. The van der Waals surface area contributed by atoms with Gasteiger partial charge in [0.15, 0.2) is 6.61 Å². The summed E-state index contributed by atoms with van der Waals surface area (Å²) >= 11 is 2.21. The molecule has 0 fully saturated rings. The van der Waals surface area contributed by atoms with Gasteiger partial charge in [-0.2, -0.15) is 0 Å². The van der Waals surface area contributed by atoms with E-state index in [0.29, 0.717) is 18.0 Å². The Bertz CT molecular complexity index is 826. The molecule has 162 valence electrons. The van der Waals surface area contributed by atoms with E-state index >= 15 is 0 Å². The first-order valence-electron chi connectivity index (χ1n) is 10.0. The molecule has 2 amide bonds. The van der Waals surface area contributed by atoms with E-state index in [1.165, 1.54) is 0 Å². The Hall–Kier alpha value is -2.29. The lowest BCUT2D eigenvalue weighted by Gasteiger charge is -2.29. The van der Waals surface area contributed by atoms with Gasteiger partial charge in [0, 0.05) is 16.7 Å². The van der Waals surface area contributed by atoms with Crippen LogP contribution in [-0.4, -0.2) is 43.0 Å². The van der Waals surface area contributed by atoms with E-state index < -0.39 is 6.04 Å². The monoisotopic (exact) mass is 524 g/mol. The molecule has 6 nitrogen and oxygen atoms in total. The average molecular weight is 524 g/mol. The molecule has 0 spiro atoms. The SMILES string of the molecule is CCCCNC(=O)[C@H](C)N(Cc1cccc(OC)c1)C(=O)COc1ccc(I)cc1. The number of hydrogen-bond donors (Lipinski definition) is 1. The van der Waals surface area contributed by atoms with Crippen molar-refractivity contribution in [3.63, 3.8) is 0 Å². The second-order valence-electron chi connectivity index (χ2n) is 6.94. The summed E-state index contributed by atoms with van der Waals surface area (Å²) in [6.45, 7) is 4.55. The number of ether oxygens (including phenoxy) is 2. The molecule has 0 bridgehead atoms. The van der Waals surface area contributed by atoms with Crippen molar-refractivity contribution >= 4 is 34.4 Å². The molecule has 1 atom stereocenters.